The van der Waals surface area contributed by atoms with E-state index in [0.717, 1.165) is 42.6 Å². The molecule has 1 saturated carbocycles. The maximum absolute atomic E-state index is 12.7. The van der Waals surface area contributed by atoms with Crippen LogP contribution in [0.2, 0.25) is 5.02 Å². The Morgan fingerprint density at radius 3 is 2.59 bits per heavy atom. The van der Waals surface area contributed by atoms with E-state index in [9.17, 15) is 4.79 Å². The van der Waals surface area contributed by atoms with E-state index in [1.165, 1.54) is 0 Å². The highest BCUT2D eigenvalue weighted by atomic mass is 35.5. The molecule has 0 atom stereocenters. The number of carbonyl (C=O) groups is 1. The Hall–Kier alpha value is -3.69. The van der Waals surface area contributed by atoms with Gasteiger partial charge in [0.15, 0.2) is 11.5 Å². The number of benzene rings is 2. The first-order valence-electron chi connectivity index (χ1n) is 12.3. The van der Waals surface area contributed by atoms with Gasteiger partial charge in [-0.3, -0.25) is 4.79 Å². The fourth-order valence-corrected chi connectivity index (χ4v) is 4.88. The molecule has 1 aliphatic carbocycles. The van der Waals surface area contributed by atoms with Crippen LogP contribution in [0.5, 0.6) is 5.75 Å². The largest absolute Gasteiger partial charge is 0.497 e. The van der Waals surface area contributed by atoms with E-state index >= 15 is 0 Å². The van der Waals surface area contributed by atoms with Crippen LogP contribution in [0, 0.1) is 0 Å². The summed E-state index contributed by atoms with van der Waals surface area (Å²) < 4.78 is 12.3. The van der Waals surface area contributed by atoms with Gasteiger partial charge in [0.1, 0.15) is 18.2 Å². The normalized spacial score (nSPS) is 17.5. The summed E-state index contributed by atoms with van der Waals surface area (Å²) >= 11 is 6.44. The Balaban J connectivity index is 1.30. The van der Waals surface area contributed by atoms with E-state index in [1.54, 1.807) is 37.2 Å². The summed E-state index contributed by atoms with van der Waals surface area (Å²) in [6.07, 6.45) is 5.29. The van der Waals surface area contributed by atoms with Crippen LogP contribution in [-0.4, -0.2) is 52.0 Å². The molecular weight excluding hydrogens is 492 g/mol. The van der Waals surface area contributed by atoms with Crippen LogP contribution >= 0.6 is 11.6 Å². The number of amides is 1. The number of nitrogens with one attached hydrogen (secondary N) is 2. The zero-order valence-corrected chi connectivity index (χ0v) is 21.5. The molecule has 192 valence electrons. The fraction of sp³-hybridized carbons (Fsp3) is 0.333. The number of hydrogen-bond donors (Lipinski definition) is 2. The molecule has 2 aromatic heterocycles. The van der Waals surface area contributed by atoms with Crippen LogP contribution in [0.25, 0.3) is 16.7 Å². The number of halogens is 1. The first-order valence-corrected chi connectivity index (χ1v) is 12.6. The lowest BCUT2D eigenvalue weighted by Gasteiger charge is -2.30. The van der Waals surface area contributed by atoms with Crippen molar-refractivity contribution in [2.45, 2.75) is 44.4 Å². The van der Waals surface area contributed by atoms with Gasteiger partial charge in [-0.1, -0.05) is 29.8 Å². The van der Waals surface area contributed by atoms with Crippen LogP contribution in [0.3, 0.4) is 0 Å². The highest BCUT2D eigenvalue weighted by Crippen LogP contribution is 2.29. The summed E-state index contributed by atoms with van der Waals surface area (Å²) in [5.74, 6) is 1.87. The van der Waals surface area contributed by atoms with Crippen LogP contribution in [0.15, 0.2) is 54.7 Å². The molecule has 9 nitrogen and oxygen atoms in total. The highest BCUT2D eigenvalue weighted by Gasteiger charge is 2.25. The monoisotopic (exact) mass is 520 g/mol. The molecular formula is C27H29ClN6O3. The van der Waals surface area contributed by atoms with Crippen molar-refractivity contribution < 1.29 is 14.3 Å². The molecule has 2 heterocycles. The third-order valence-electron chi connectivity index (χ3n) is 6.56. The Kier molecular flexibility index (Phi) is 7.52. The number of methoxy groups -OCH3 is 2. The summed E-state index contributed by atoms with van der Waals surface area (Å²) in [6.45, 7) is 0.279. The van der Waals surface area contributed by atoms with Crippen molar-refractivity contribution in [1.82, 2.24) is 25.1 Å². The van der Waals surface area contributed by atoms with E-state index in [1.807, 2.05) is 36.4 Å². The second-order valence-corrected chi connectivity index (χ2v) is 9.47. The maximum Gasteiger partial charge on any atom is 0.251 e. The number of ether oxygens (including phenoxy) is 2. The van der Waals surface area contributed by atoms with E-state index < -0.39 is 0 Å². The van der Waals surface area contributed by atoms with Crippen molar-refractivity contribution in [2.75, 3.05) is 19.5 Å². The predicted octanol–water partition coefficient (Wildman–Crippen LogP) is 4.78. The summed E-state index contributed by atoms with van der Waals surface area (Å²) in [5.41, 5.74) is 2.01. The summed E-state index contributed by atoms with van der Waals surface area (Å²) in [5, 5.41) is 12.7. The molecule has 10 heteroatoms. The Labute approximate surface area is 220 Å². The standard InChI is InChI=1S/C27H29ClN6O3/c1-36-16-24-32-25(21-15-29-34(26(21)33-24)23-9-4-3-8-22(23)28)30-18-10-12-19(13-11-18)31-27(35)17-6-5-7-20(14-17)37-2/h3-9,14-15,18-19H,10-13,16H2,1-2H3,(H,31,35)(H,30,32,33). The number of aromatic nitrogens is 4. The molecule has 2 aromatic carbocycles. The third kappa shape index (κ3) is 5.52. The number of anilines is 1. The average molecular weight is 521 g/mol. The lowest BCUT2D eigenvalue weighted by Crippen LogP contribution is -2.40. The quantitative estimate of drug-likeness (QED) is 0.344. The van der Waals surface area contributed by atoms with Gasteiger partial charge in [-0.05, 0) is 56.0 Å². The predicted molar refractivity (Wildman–Crippen MR) is 143 cm³/mol. The SMILES string of the molecule is COCc1nc(NC2CCC(NC(=O)c3cccc(OC)c3)CC2)c2cnn(-c3ccccc3Cl)c2n1. The molecule has 0 spiro atoms. The van der Waals surface area contributed by atoms with Crippen LogP contribution < -0.4 is 15.4 Å². The van der Waals surface area contributed by atoms with E-state index in [0.29, 0.717) is 27.8 Å². The van der Waals surface area contributed by atoms with Gasteiger partial charge in [0.25, 0.3) is 5.91 Å². The number of carbonyl (C=O) groups excluding carboxylic acids is 1. The summed E-state index contributed by atoms with van der Waals surface area (Å²) in [4.78, 5) is 22.1. The molecule has 4 aromatic rings. The second kappa shape index (κ2) is 11.1. The molecule has 0 radical (unpaired) electrons. The van der Waals surface area contributed by atoms with Gasteiger partial charge in [0, 0.05) is 24.8 Å². The van der Waals surface area contributed by atoms with Gasteiger partial charge in [-0.2, -0.15) is 5.10 Å². The zero-order valence-electron chi connectivity index (χ0n) is 20.8. The minimum atomic E-state index is -0.0796. The molecule has 0 unspecified atom stereocenters. The first-order chi connectivity index (χ1) is 18.1. The lowest BCUT2D eigenvalue weighted by atomic mass is 9.91. The van der Waals surface area contributed by atoms with Gasteiger partial charge in [0.05, 0.1) is 29.4 Å². The van der Waals surface area contributed by atoms with Crippen LogP contribution in [-0.2, 0) is 11.3 Å². The summed E-state index contributed by atoms with van der Waals surface area (Å²) in [7, 11) is 3.21. The van der Waals surface area contributed by atoms with Crippen molar-refractivity contribution in [2.24, 2.45) is 0 Å². The second-order valence-electron chi connectivity index (χ2n) is 9.06. The van der Waals surface area contributed by atoms with Gasteiger partial charge in [0.2, 0.25) is 0 Å². The molecule has 0 saturated heterocycles. The van der Waals surface area contributed by atoms with E-state index in [-0.39, 0.29) is 24.6 Å². The van der Waals surface area contributed by atoms with E-state index in [2.05, 4.69) is 15.7 Å². The molecule has 2 N–H and O–H groups in total. The maximum atomic E-state index is 12.7. The summed E-state index contributed by atoms with van der Waals surface area (Å²) in [6, 6.07) is 15.1. The molecule has 1 aliphatic rings. The molecule has 1 amide bonds. The molecule has 37 heavy (non-hydrogen) atoms. The first kappa shape index (κ1) is 25.0. The van der Waals surface area contributed by atoms with Gasteiger partial charge >= 0.3 is 0 Å². The van der Waals surface area contributed by atoms with E-state index in [4.69, 9.17) is 31.0 Å². The van der Waals surface area contributed by atoms with Crippen molar-refractivity contribution in [3.8, 4) is 11.4 Å². The molecule has 5 rings (SSSR count). The number of nitrogens with zero attached hydrogens (tertiary/aromatic N) is 4. The highest BCUT2D eigenvalue weighted by molar-refractivity contribution is 6.32. The Bertz CT molecular complexity index is 1400. The number of para-hydroxylation sites is 1. The molecule has 1 fully saturated rings. The topological polar surface area (TPSA) is 103 Å². The molecule has 0 bridgehead atoms. The zero-order chi connectivity index (χ0) is 25.8. The fourth-order valence-electron chi connectivity index (χ4n) is 4.67. The minimum Gasteiger partial charge on any atom is -0.497 e. The van der Waals surface area contributed by atoms with Crippen LogP contribution in [0.1, 0.15) is 41.9 Å². The number of fused-ring (bicyclic) bond motifs is 1. The smallest absolute Gasteiger partial charge is 0.251 e. The minimum absolute atomic E-state index is 0.0796. The third-order valence-corrected chi connectivity index (χ3v) is 6.88. The van der Waals surface area contributed by atoms with Crippen molar-refractivity contribution in [3.63, 3.8) is 0 Å². The number of hydrogen-bond acceptors (Lipinski definition) is 7. The van der Waals surface area contributed by atoms with Crippen molar-refractivity contribution in [1.29, 1.82) is 0 Å². The average Bonchev–Trinajstić information content (AvgIpc) is 3.34. The van der Waals surface area contributed by atoms with Gasteiger partial charge in [-0.15, -0.1) is 0 Å². The van der Waals surface area contributed by atoms with Crippen molar-refractivity contribution in [3.05, 3.63) is 71.1 Å². The molecule has 0 aliphatic heterocycles. The van der Waals surface area contributed by atoms with Gasteiger partial charge in [-0.25, -0.2) is 14.6 Å². The number of rotatable bonds is 8. The Morgan fingerprint density at radius 2 is 1.84 bits per heavy atom. The lowest BCUT2D eigenvalue weighted by molar-refractivity contribution is 0.0926. The van der Waals surface area contributed by atoms with Crippen molar-refractivity contribution >= 4 is 34.4 Å². The van der Waals surface area contributed by atoms with Crippen LogP contribution in [0.4, 0.5) is 5.82 Å². The van der Waals surface area contributed by atoms with Gasteiger partial charge < -0.3 is 20.1 Å². The Morgan fingerprint density at radius 1 is 1.05 bits per heavy atom.